The molecule has 0 bridgehead atoms. The van der Waals surface area contributed by atoms with Crippen molar-refractivity contribution in [3.8, 4) is 11.3 Å². The highest BCUT2D eigenvalue weighted by Crippen LogP contribution is 2.23. The van der Waals surface area contributed by atoms with Crippen LogP contribution in [0, 0.1) is 6.92 Å². The van der Waals surface area contributed by atoms with Crippen molar-refractivity contribution in [3.05, 3.63) is 72.4 Å². The van der Waals surface area contributed by atoms with Crippen LogP contribution in [0.5, 0.6) is 0 Å². The van der Waals surface area contributed by atoms with E-state index in [4.69, 9.17) is 0 Å². The molecule has 0 aliphatic rings. The second-order valence-corrected chi connectivity index (χ2v) is 6.93. The van der Waals surface area contributed by atoms with E-state index < -0.39 is 10.0 Å². The van der Waals surface area contributed by atoms with Crippen molar-refractivity contribution >= 4 is 21.4 Å². The second kappa shape index (κ2) is 5.93. The van der Waals surface area contributed by atoms with Gasteiger partial charge < -0.3 is 0 Å². The van der Waals surface area contributed by atoms with Crippen LogP contribution in [0.25, 0.3) is 16.9 Å². The number of hydrogen-bond donors (Lipinski definition) is 1. The zero-order chi connectivity index (χ0) is 17.3. The fourth-order valence-corrected chi connectivity index (χ4v) is 3.07. The third-order valence-electron chi connectivity index (χ3n) is 3.47. The fourth-order valence-electron chi connectivity index (χ4n) is 2.27. The molecule has 0 aliphatic carbocycles. The molecule has 0 saturated heterocycles. The maximum Gasteiger partial charge on any atom is 0.261 e. The zero-order valence-electron chi connectivity index (χ0n) is 13.1. The Morgan fingerprint density at radius 2 is 1.92 bits per heavy atom. The molecule has 0 saturated carbocycles. The van der Waals surface area contributed by atoms with Crippen molar-refractivity contribution in [1.82, 2.24) is 14.6 Å². The maximum atomic E-state index is 12.0. The number of allylic oxidation sites excluding steroid dienone is 1. The number of rotatable bonds is 5. The molecule has 24 heavy (non-hydrogen) atoms. The molecule has 7 heteroatoms. The first-order valence-corrected chi connectivity index (χ1v) is 8.66. The molecule has 3 aromatic rings. The number of nitrogens with one attached hydrogen (secondary N) is 1. The largest absolute Gasteiger partial charge is 0.280 e. The Balaban J connectivity index is 1.95. The van der Waals surface area contributed by atoms with Crippen LogP contribution >= 0.6 is 0 Å². The minimum atomic E-state index is -3.66. The van der Waals surface area contributed by atoms with Crippen LogP contribution in [0.1, 0.15) is 5.82 Å². The normalized spacial score (nSPS) is 11.4. The Kier molecular flexibility index (Phi) is 3.94. The molecule has 2 heterocycles. The molecule has 0 fully saturated rings. The number of anilines is 1. The third-order valence-corrected chi connectivity index (χ3v) is 4.83. The summed E-state index contributed by atoms with van der Waals surface area (Å²) in [5, 5.41) is 4.38. The van der Waals surface area contributed by atoms with Gasteiger partial charge in [-0.3, -0.25) is 4.72 Å². The molecule has 122 valence electrons. The molecule has 0 spiro atoms. The Morgan fingerprint density at radius 3 is 2.58 bits per heavy atom. The fraction of sp³-hybridized carbons (Fsp3) is 0.0588. The topological polar surface area (TPSA) is 76.4 Å². The van der Waals surface area contributed by atoms with E-state index in [9.17, 15) is 8.42 Å². The zero-order valence-corrected chi connectivity index (χ0v) is 13.9. The van der Waals surface area contributed by atoms with Crippen molar-refractivity contribution in [2.45, 2.75) is 6.92 Å². The molecule has 1 aromatic carbocycles. The molecule has 0 radical (unpaired) electrons. The van der Waals surface area contributed by atoms with E-state index in [1.165, 1.54) is 6.08 Å². The number of aryl methyl sites for hydroxylation is 1. The first-order chi connectivity index (χ1) is 11.4. The van der Waals surface area contributed by atoms with Crippen molar-refractivity contribution in [2.24, 2.45) is 0 Å². The number of aromatic nitrogens is 3. The first kappa shape index (κ1) is 15.9. The number of sulfonamides is 1. The van der Waals surface area contributed by atoms with Crippen LogP contribution < -0.4 is 4.72 Å². The van der Waals surface area contributed by atoms with E-state index in [1.807, 2.05) is 37.3 Å². The van der Waals surface area contributed by atoms with E-state index >= 15 is 0 Å². The Morgan fingerprint density at radius 1 is 1.21 bits per heavy atom. The number of pyridine rings is 1. The van der Waals surface area contributed by atoms with Gasteiger partial charge in [0.2, 0.25) is 0 Å². The Labute approximate surface area is 140 Å². The lowest BCUT2D eigenvalue weighted by molar-refractivity contribution is 0.608. The molecule has 0 aliphatic heterocycles. The Hall–Kier alpha value is -2.93. The van der Waals surface area contributed by atoms with Gasteiger partial charge in [-0.05, 0) is 37.3 Å². The average Bonchev–Trinajstić information content (AvgIpc) is 2.94. The van der Waals surface area contributed by atoms with Crippen molar-refractivity contribution < 1.29 is 8.42 Å². The van der Waals surface area contributed by atoms with Gasteiger partial charge in [0.05, 0.1) is 10.6 Å². The molecule has 1 N–H and O–H groups in total. The highest BCUT2D eigenvalue weighted by Gasteiger charge is 2.13. The van der Waals surface area contributed by atoms with Crippen LogP contribution in [0.15, 0.2) is 66.6 Å². The molecular weight excluding hydrogens is 324 g/mol. The maximum absolute atomic E-state index is 12.0. The highest BCUT2D eigenvalue weighted by molar-refractivity contribution is 7.96. The number of benzene rings is 1. The number of nitrogens with zero attached hydrogens (tertiary/aromatic N) is 3. The number of hydrogen-bond acceptors (Lipinski definition) is 4. The standard InChI is InChI=1S/C17H16N4O2S/c1-4-12(2)24(22,23)20-15-10-8-14(9-11-15)16-6-5-7-17-18-13(3)19-21(16)17/h4-11,20H,1-2H2,3H3. The van der Waals surface area contributed by atoms with Crippen molar-refractivity contribution in [2.75, 3.05) is 4.72 Å². The van der Waals surface area contributed by atoms with Crippen LogP contribution in [0.4, 0.5) is 5.69 Å². The lowest BCUT2D eigenvalue weighted by Gasteiger charge is -2.09. The summed E-state index contributed by atoms with van der Waals surface area (Å²) < 4.78 is 28.1. The van der Waals surface area contributed by atoms with Crippen LogP contribution in [-0.2, 0) is 10.0 Å². The monoisotopic (exact) mass is 340 g/mol. The number of fused-ring (bicyclic) bond motifs is 1. The van der Waals surface area contributed by atoms with E-state index in [1.54, 1.807) is 16.6 Å². The van der Waals surface area contributed by atoms with Gasteiger partial charge in [0.15, 0.2) is 5.65 Å². The van der Waals surface area contributed by atoms with Crippen LogP contribution in [0.2, 0.25) is 0 Å². The van der Waals surface area contributed by atoms with Gasteiger partial charge >= 0.3 is 0 Å². The van der Waals surface area contributed by atoms with E-state index in [-0.39, 0.29) is 4.91 Å². The summed E-state index contributed by atoms with van der Waals surface area (Å²) in [4.78, 5) is 4.26. The molecule has 0 atom stereocenters. The summed E-state index contributed by atoms with van der Waals surface area (Å²) in [5.74, 6) is 0.690. The van der Waals surface area contributed by atoms with Gasteiger partial charge in [-0.2, -0.15) is 5.10 Å². The molecule has 0 unspecified atom stereocenters. The smallest absolute Gasteiger partial charge is 0.261 e. The van der Waals surface area contributed by atoms with Gasteiger partial charge in [0.1, 0.15) is 5.82 Å². The minimum Gasteiger partial charge on any atom is -0.280 e. The van der Waals surface area contributed by atoms with Gasteiger partial charge in [0.25, 0.3) is 10.0 Å². The molecule has 3 rings (SSSR count). The SMILES string of the molecule is C=CC(=C)S(=O)(=O)Nc1ccc(-c2cccc3nc(C)nn23)cc1. The first-order valence-electron chi connectivity index (χ1n) is 7.18. The van der Waals surface area contributed by atoms with E-state index in [2.05, 4.69) is 28.0 Å². The lowest BCUT2D eigenvalue weighted by Crippen LogP contribution is -2.13. The van der Waals surface area contributed by atoms with Gasteiger partial charge in [-0.25, -0.2) is 17.9 Å². The average molecular weight is 340 g/mol. The molecular formula is C17H16N4O2S. The summed E-state index contributed by atoms with van der Waals surface area (Å²) in [7, 11) is -3.66. The Bertz CT molecular complexity index is 1030. The van der Waals surface area contributed by atoms with Gasteiger partial charge in [0, 0.05) is 11.3 Å². The second-order valence-electron chi connectivity index (χ2n) is 5.19. The lowest BCUT2D eigenvalue weighted by atomic mass is 10.1. The summed E-state index contributed by atoms with van der Waals surface area (Å²) >= 11 is 0. The van der Waals surface area contributed by atoms with Gasteiger partial charge in [-0.1, -0.05) is 31.4 Å². The summed E-state index contributed by atoms with van der Waals surface area (Å²) in [5.41, 5.74) is 2.98. The predicted octanol–water partition coefficient (Wildman–Crippen LogP) is 3.15. The van der Waals surface area contributed by atoms with Gasteiger partial charge in [-0.15, -0.1) is 0 Å². The predicted molar refractivity (Wildman–Crippen MR) is 95.0 cm³/mol. The van der Waals surface area contributed by atoms with E-state index in [0.29, 0.717) is 11.5 Å². The van der Waals surface area contributed by atoms with Crippen LogP contribution in [0.3, 0.4) is 0 Å². The van der Waals surface area contributed by atoms with Crippen LogP contribution in [-0.4, -0.2) is 23.0 Å². The summed E-state index contributed by atoms with van der Waals surface area (Å²) in [6, 6.07) is 12.7. The summed E-state index contributed by atoms with van der Waals surface area (Å²) in [6.07, 6.45) is 1.20. The third kappa shape index (κ3) is 2.93. The van der Waals surface area contributed by atoms with Crippen molar-refractivity contribution in [1.29, 1.82) is 0 Å². The molecule has 0 amide bonds. The molecule has 2 aromatic heterocycles. The summed E-state index contributed by atoms with van der Waals surface area (Å²) in [6.45, 7) is 8.71. The van der Waals surface area contributed by atoms with Crippen molar-refractivity contribution in [3.63, 3.8) is 0 Å². The molecule has 6 nitrogen and oxygen atoms in total. The quantitative estimate of drug-likeness (QED) is 0.724. The highest BCUT2D eigenvalue weighted by atomic mass is 32.2. The van der Waals surface area contributed by atoms with E-state index in [0.717, 1.165) is 16.9 Å². The minimum absolute atomic E-state index is 0.0746.